The normalized spacial score (nSPS) is 11.4. The lowest BCUT2D eigenvalue weighted by Crippen LogP contribution is -2.41. The van der Waals surface area contributed by atoms with E-state index in [9.17, 15) is 14.4 Å². The molecule has 2 rings (SSSR count). The number of hydrogen-bond acceptors (Lipinski definition) is 5. The zero-order chi connectivity index (χ0) is 18.2. The second-order valence-corrected chi connectivity index (χ2v) is 6.58. The molecule has 0 fully saturated rings. The molecular formula is C17H17ClN2O4S. The molecule has 132 valence electrons. The van der Waals surface area contributed by atoms with Crippen LogP contribution in [0.4, 0.5) is 0 Å². The second-order valence-electron chi connectivity index (χ2n) is 5.14. The maximum Gasteiger partial charge on any atom is 0.328 e. The summed E-state index contributed by atoms with van der Waals surface area (Å²) in [6.45, 7) is 1.45. The lowest BCUT2D eigenvalue weighted by molar-refractivity contribution is -0.150. The van der Waals surface area contributed by atoms with Gasteiger partial charge in [-0.1, -0.05) is 29.8 Å². The average Bonchev–Trinajstić information content (AvgIpc) is 3.11. The summed E-state index contributed by atoms with van der Waals surface area (Å²) in [6.07, 6.45) is 0. The van der Waals surface area contributed by atoms with Gasteiger partial charge in [-0.05, 0) is 30.5 Å². The highest BCUT2D eigenvalue weighted by Gasteiger charge is 2.20. The molecule has 1 aromatic carbocycles. The van der Waals surface area contributed by atoms with Crippen molar-refractivity contribution < 1.29 is 19.1 Å². The van der Waals surface area contributed by atoms with Crippen molar-refractivity contribution in [2.24, 2.45) is 0 Å². The van der Waals surface area contributed by atoms with Crippen LogP contribution in [0, 0.1) is 0 Å². The van der Waals surface area contributed by atoms with E-state index in [-0.39, 0.29) is 10.6 Å². The summed E-state index contributed by atoms with van der Waals surface area (Å²) < 4.78 is 4.91. The molecule has 0 saturated carbocycles. The molecule has 1 atom stereocenters. The number of halogens is 1. The van der Waals surface area contributed by atoms with Gasteiger partial charge in [0.25, 0.3) is 11.8 Å². The summed E-state index contributed by atoms with van der Waals surface area (Å²) in [5, 5.41) is 7.32. The SMILES string of the molecule is C[C@H](NC(=O)c1ccccc1Cl)C(=O)OCC(=O)NCc1cccs1. The number of amides is 2. The van der Waals surface area contributed by atoms with Crippen LogP contribution in [-0.2, 0) is 20.9 Å². The van der Waals surface area contributed by atoms with Crippen molar-refractivity contribution in [3.63, 3.8) is 0 Å². The minimum absolute atomic E-state index is 0.262. The number of ether oxygens (including phenoxy) is 1. The van der Waals surface area contributed by atoms with Crippen molar-refractivity contribution in [3.05, 3.63) is 57.2 Å². The van der Waals surface area contributed by atoms with E-state index in [0.717, 1.165) is 4.88 Å². The Hall–Kier alpha value is -2.38. The topological polar surface area (TPSA) is 84.5 Å². The molecule has 1 heterocycles. The van der Waals surface area contributed by atoms with E-state index in [1.54, 1.807) is 24.3 Å². The molecule has 2 N–H and O–H groups in total. The van der Waals surface area contributed by atoms with Crippen molar-refractivity contribution in [2.45, 2.75) is 19.5 Å². The smallest absolute Gasteiger partial charge is 0.328 e. The predicted molar refractivity (Wildman–Crippen MR) is 95.5 cm³/mol. The maximum atomic E-state index is 12.1. The van der Waals surface area contributed by atoms with Crippen molar-refractivity contribution >= 4 is 40.7 Å². The fourth-order valence-corrected chi connectivity index (χ4v) is 2.76. The van der Waals surface area contributed by atoms with Gasteiger partial charge >= 0.3 is 5.97 Å². The second kappa shape index (κ2) is 9.19. The van der Waals surface area contributed by atoms with Gasteiger partial charge in [0.15, 0.2) is 6.61 Å². The monoisotopic (exact) mass is 380 g/mol. The number of thiophene rings is 1. The summed E-state index contributed by atoms with van der Waals surface area (Å²) in [5.41, 5.74) is 0.262. The fraction of sp³-hybridized carbons (Fsp3) is 0.235. The largest absolute Gasteiger partial charge is 0.454 e. The van der Waals surface area contributed by atoms with Gasteiger partial charge in [-0.3, -0.25) is 9.59 Å². The summed E-state index contributed by atoms with van der Waals surface area (Å²) in [4.78, 5) is 36.6. The van der Waals surface area contributed by atoms with E-state index in [1.165, 1.54) is 18.3 Å². The van der Waals surface area contributed by atoms with Crippen LogP contribution in [0.15, 0.2) is 41.8 Å². The van der Waals surface area contributed by atoms with Crippen molar-refractivity contribution in [3.8, 4) is 0 Å². The van der Waals surface area contributed by atoms with E-state index < -0.39 is 30.4 Å². The van der Waals surface area contributed by atoms with Crippen molar-refractivity contribution in [1.82, 2.24) is 10.6 Å². The lowest BCUT2D eigenvalue weighted by atomic mass is 10.2. The number of rotatable bonds is 7. The average molecular weight is 381 g/mol. The zero-order valence-electron chi connectivity index (χ0n) is 13.5. The standard InChI is InChI=1S/C17H17ClN2O4S/c1-11(20-16(22)13-6-2-3-7-14(13)18)17(23)24-10-15(21)19-9-12-5-4-8-25-12/h2-8,11H,9-10H2,1H3,(H,19,21)(H,20,22)/t11-/m0/s1. The Kier molecular flexibility index (Phi) is 6.97. The number of benzene rings is 1. The van der Waals surface area contributed by atoms with Crippen LogP contribution >= 0.6 is 22.9 Å². The Balaban J connectivity index is 1.75. The molecule has 2 amide bonds. The van der Waals surface area contributed by atoms with E-state index in [1.807, 2.05) is 17.5 Å². The number of carbonyl (C=O) groups excluding carboxylic acids is 3. The van der Waals surface area contributed by atoms with Crippen LogP contribution in [0.25, 0.3) is 0 Å². The van der Waals surface area contributed by atoms with Gasteiger partial charge in [0.05, 0.1) is 17.1 Å². The van der Waals surface area contributed by atoms with E-state index in [2.05, 4.69) is 10.6 Å². The summed E-state index contributed by atoms with van der Waals surface area (Å²) >= 11 is 7.45. The molecule has 2 aromatic rings. The first kappa shape index (κ1) is 19.0. The molecule has 0 aliphatic carbocycles. The predicted octanol–water partition coefficient (Wildman–Crippen LogP) is 2.38. The number of carbonyl (C=O) groups is 3. The van der Waals surface area contributed by atoms with E-state index in [0.29, 0.717) is 6.54 Å². The highest BCUT2D eigenvalue weighted by molar-refractivity contribution is 7.09. The molecule has 0 saturated heterocycles. The van der Waals surface area contributed by atoms with E-state index >= 15 is 0 Å². The number of esters is 1. The van der Waals surface area contributed by atoms with Crippen LogP contribution in [0.2, 0.25) is 5.02 Å². The van der Waals surface area contributed by atoms with Crippen LogP contribution in [-0.4, -0.2) is 30.4 Å². The number of nitrogens with one attached hydrogen (secondary N) is 2. The molecule has 0 aliphatic heterocycles. The Morgan fingerprint density at radius 2 is 1.96 bits per heavy atom. The Labute approximate surface area is 154 Å². The first-order valence-corrected chi connectivity index (χ1v) is 8.74. The Morgan fingerprint density at radius 3 is 2.64 bits per heavy atom. The fourth-order valence-electron chi connectivity index (χ4n) is 1.89. The van der Waals surface area contributed by atoms with Crippen LogP contribution in [0.5, 0.6) is 0 Å². The van der Waals surface area contributed by atoms with Gasteiger partial charge in [-0.2, -0.15) is 0 Å². The molecule has 0 aliphatic rings. The zero-order valence-corrected chi connectivity index (χ0v) is 15.0. The van der Waals surface area contributed by atoms with Gasteiger partial charge < -0.3 is 15.4 Å². The van der Waals surface area contributed by atoms with Crippen molar-refractivity contribution in [1.29, 1.82) is 0 Å². The highest BCUT2D eigenvalue weighted by atomic mass is 35.5. The molecule has 0 radical (unpaired) electrons. The maximum absolute atomic E-state index is 12.1. The van der Waals surface area contributed by atoms with E-state index in [4.69, 9.17) is 16.3 Å². The lowest BCUT2D eigenvalue weighted by Gasteiger charge is -2.14. The molecular weight excluding hydrogens is 364 g/mol. The van der Waals surface area contributed by atoms with Crippen LogP contribution < -0.4 is 10.6 Å². The van der Waals surface area contributed by atoms with Gasteiger partial charge in [0.2, 0.25) is 0 Å². The molecule has 8 heteroatoms. The third-order valence-electron chi connectivity index (χ3n) is 3.21. The van der Waals surface area contributed by atoms with Gasteiger partial charge in [0, 0.05) is 4.88 Å². The van der Waals surface area contributed by atoms with Gasteiger partial charge in [-0.25, -0.2) is 4.79 Å². The minimum Gasteiger partial charge on any atom is -0.454 e. The third kappa shape index (κ3) is 5.88. The van der Waals surface area contributed by atoms with Gasteiger partial charge in [0.1, 0.15) is 6.04 Å². The molecule has 25 heavy (non-hydrogen) atoms. The first-order chi connectivity index (χ1) is 12.0. The van der Waals surface area contributed by atoms with Crippen molar-refractivity contribution in [2.75, 3.05) is 6.61 Å². The number of hydrogen-bond donors (Lipinski definition) is 2. The third-order valence-corrected chi connectivity index (χ3v) is 4.41. The molecule has 6 nitrogen and oxygen atoms in total. The molecule has 0 spiro atoms. The van der Waals surface area contributed by atoms with Crippen LogP contribution in [0.1, 0.15) is 22.2 Å². The summed E-state index contributed by atoms with van der Waals surface area (Å²) in [7, 11) is 0. The molecule has 0 unspecified atom stereocenters. The summed E-state index contributed by atoms with van der Waals surface area (Å²) in [5.74, 6) is -1.60. The highest BCUT2D eigenvalue weighted by Crippen LogP contribution is 2.14. The molecule has 0 bridgehead atoms. The molecule has 1 aromatic heterocycles. The Morgan fingerprint density at radius 1 is 1.20 bits per heavy atom. The first-order valence-electron chi connectivity index (χ1n) is 7.48. The quantitative estimate of drug-likeness (QED) is 0.722. The summed E-state index contributed by atoms with van der Waals surface area (Å²) in [6, 6.07) is 9.37. The van der Waals surface area contributed by atoms with Gasteiger partial charge in [-0.15, -0.1) is 11.3 Å². The Bertz CT molecular complexity index is 749. The van der Waals surface area contributed by atoms with Crippen LogP contribution in [0.3, 0.4) is 0 Å². The minimum atomic E-state index is -0.908.